The molecule has 1 aromatic carbocycles. The molecule has 0 aromatic heterocycles. The molecule has 0 saturated heterocycles. The number of carboxylic acid groups (broad SMARTS) is 1. The van der Waals surface area contributed by atoms with E-state index >= 15 is 0 Å². The van der Waals surface area contributed by atoms with Crippen molar-refractivity contribution in [3.63, 3.8) is 0 Å². The molecule has 20 heavy (non-hydrogen) atoms. The fourth-order valence-electron chi connectivity index (χ4n) is 1.83. The molecule has 112 valence electrons. The van der Waals surface area contributed by atoms with E-state index in [0.717, 1.165) is 18.6 Å². The Balaban J connectivity index is 2.90. The Hall–Kier alpha value is -1.65. The summed E-state index contributed by atoms with van der Waals surface area (Å²) in [6.45, 7) is 6.60. The molecule has 0 fully saturated rings. The minimum Gasteiger partial charge on any atom is -0.481 e. The molecule has 0 aliphatic carbocycles. The van der Waals surface area contributed by atoms with Crippen LogP contribution in [0.5, 0.6) is 0 Å². The van der Waals surface area contributed by atoms with Crippen LogP contribution >= 0.6 is 0 Å². The number of nitrogens with zero attached hydrogens (tertiary/aromatic N) is 1. The largest absolute Gasteiger partial charge is 0.481 e. The minimum atomic E-state index is -0.917. The molecule has 0 aliphatic rings. The van der Waals surface area contributed by atoms with Crippen molar-refractivity contribution in [2.75, 3.05) is 18.0 Å². The van der Waals surface area contributed by atoms with Crippen LogP contribution in [0.2, 0.25) is 0 Å². The second kappa shape index (κ2) is 7.22. The number of benzene rings is 1. The lowest BCUT2D eigenvalue weighted by Gasteiger charge is -2.27. The quantitative estimate of drug-likeness (QED) is 0.833. The zero-order valence-electron chi connectivity index (χ0n) is 12.1. The van der Waals surface area contributed by atoms with Gasteiger partial charge in [0.25, 0.3) is 0 Å². The number of carbonyl (C=O) groups is 1. The third-order valence-electron chi connectivity index (χ3n) is 3.16. The van der Waals surface area contributed by atoms with E-state index in [1.807, 2.05) is 0 Å². The van der Waals surface area contributed by atoms with Crippen molar-refractivity contribution in [1.82, 2.24) is 0 Å². The summed E-state index contributed by atoms with van der Waals surface area (Å²) in [5.74, 6) is -2.84. The van der Waals surface area contributed by atoms with Gasteiger partial charge in [-0.1, -0.05) is 20.8 Å². The summed E-state index contributed by atoms with van der Waals surface area (Å²) in [7, 11) is 0. The van der Waals surface area contributed by atoms with Crippen LogP contribution in [0.15, 0.2) is 18.2 Å². The van der Waals surface area contributed by atoms with Crippen LogP contribution in [0.25, 0.3) is 0 Å². The van der Waals surface area contributed by atoms with Crippen LogP contribution in [0.1, 0.15) is 27.2 Å². The SMILES string of the molecule is CC(C)CCN(CC(C)C(=O)O)c1ccc(F)c(F)c1. The third-order valence-corrected chi connectivity index (χ3v) is 3.16. The second-order valence-corrected chi connectivity index (χ2v) is 5.47. The number of hydrogen-bond donors (Lipinski definition) is 1. The minimum absolute atomic E-state index is 0.271. The van der Waals surface area contributed by atoms with Crippen molar-refractivity contribution in [1.29, 1.82) is 0 Å². The van der Waals surface area contributed by atoms with Crippen molar-refractivity contribution in [3.8, 4) is 0 Å². The lowest BCUT2D eigenvalue weighted by Crippen LogP contribution is -2.33. The van der Waals surface area contributed by atoms with E-state index in [1.165, 1.54) is 6.07 Å². The zero-order chi connectivity index (χ0) is 15.3. The summed E-state index contributed by atoms with van der Waals surface area (Å²) >= 11 is 0. The van der Waals surface area contributed by atoms with Crippen molar-refractivity contribution in [2.45, 2.75) is 27.2 Å². The molecule has 0 bridgehead atoms. The van der Waals surface area contributed by atoms with E-state index in [9.17, 15) is 13.6 Å². The zero-order valence-corrected chi connectivity index (χ0v) is 12.1. The van der Waals surface area contributed by atoms with E-state index in [-0.39, 0.29) is 6.54 Å². The summed E-state index contributed by atoms with van der Waals surface area (Å²) in [5.41, 5.74) is 0.512. The average molecular weight is 285 g/mol. The van der Waals surface area contributed by atoms with E-state index < -0.39 is 23.5 Å². The van der Waals surface area contributed by atoms with Gasteiger partial charge in [-0.2, -0.15) is 0 Å². The lowest BCUT2D eigenvalue weighted by atomic mass is 10.1. The molecule has 1 rings (SSSR count). The smallest absolute Gasteiger partial charge is 0.308 e. The molecule has 0 aliphatic heterocycles. The van der Waals surface area contributed by atoms with Gasteiger partial charge in [-0.3, -0.25) is 4.79 Å². The van der Waals surface area contributed by atoms with Gasteiger partial charge in [-0.15, -0.1) is 0 Å². The normalized spacial score (nSPS) is 12.5. The van der Waals surface area contributed by atoms with E-state index in [0.29, 0.717) is 18.2 Å². The van der Waals surface area contributed by atoms with Crippen molar-refractivity contribution < 1.29 is 18.7 Å². The Morgan fingerprint density at radius 1 is 1.25 bits per heavy atom. The average Bonchev–Trinajstić information content (AvgIpc) is 2.37. The highest BCUT2D eigenvalue weighted by atomic mass is 19.2. The molecule has 0 heterocycles. The maximum Gasteiger partial charge on any atom is 0.308 e. The lowest BCUT2D eigenvalue weighted by molar-refractivity contribution is -0.140. The van der Waals surface area contributed by atoms with Gasteiger partial charge in [-0.05, 0) is 24.5 Å². The van der Waals surface area contributed by atoms with Gasteiger partial charge in [-0.25, -0.2) is 8.78 Å². The fourth-order valence-corrected chi connectivity index (χ4v) is 1.83. The van der Waals surface area contributed by atoms with Crippen LogP contribution in [-0.4, -0.2) is 24.2 Å². The van der Waals surface area contributed by atoms with Crippen molar-refractivity contribution >= 4 is 11.7 Å². The maximum atomic E-state index is 13.3. The molecular formula is C15H21F2NO2. The van der Waals surface area contributed by atoms with Gasteiger partial charge in [0.05, 0.1) is 5.92 Å². The van der Waals surface area contributed by atoms with Crippen LogP contribution in [-0.2, 0) is 4.79 Å². The molecule has 3 nitrogen and oxygen atoms in total. The Labute approximate surface area is 118 Å². The molecule has 1 aromatic rings. The van der Waals surface area contributed by atoms with Gasteiger partial charge in [0.2, 0.25) is 0 Å². The number of rotatable bonds is 7. The highest BCUT2D eigenvalue weighted by Gasteiger charge is 2.18. The predicted molar refractivity (Wildman–Crippen MR) is 74.8 cm³/mol. The maximum absolute atomic E-state index is 13.3. The Kier molecular flexibility index (Phi) is 5.92. The summed E-state index contributed by atoms with van der Waals surface area (Å²) < 4.78 is 26.3. The van der Waals surface area contributed by atoms with Crippen LogP contribution < -0.4 is 4.90 Å². The summed E-state index contributed by atoms with van der Waals surface area (Å²) in [6.07, 6.45) is 0.853. The fraction of sp³-hybridized carbons (Fsp3) is 0.533. The van der Waals surface area contributed by atoms with Crippen molar-refractivity contribution in [2.24, 2.45) is 11.8 Å². The Morgan fingerprint density at radius 2 is 1.90 bits per heavy atom. The number of halogens is 2. The Morgan fingerprint density at radius 3 is 2.40 bits per heavy atom. The van der Waals surface area contributed by atoms with Gasteiger partial charge in [0, 0.05) is 24.8 Å². The van der Waals surface area contributed by atoms with Crippen LogP contribution in [0.4, 0.5) is 14.5 Å². The molecule has 0 amide bonds. The van der Waals surface area contributed by atoms with Crippen LogP contribution in [0.3, 0.4) is 0 Å². The monoisotopic (exact) mass is 285 g/mol. The predicted octanol–water partition coefficient (Wildman–Crippen LogP) is 3.54. The first-order valence-corrected chi connectivity index (χ1v) is 6.74. The molecule has 1 atom stereocenters. The molecule has 1 unspecified atom stereocenters. The van der Waals surface area contributed by atoms with Crippen LogP contribution in [0, 0.1) is 23.5 Å². The van der Waals surface area contributed by atoms with E-state index in [4.69, 9.17) is 5.11 Å². The molecule has 0 saturated carbocycles. The Bertz CT molecular complexity index is 463. The standard InChI is InChI=1S/C15H21F2NO2/c1-10(2)6-7-18(9-11(3)15(19)20)12-4-5-13(16)14(17)8-12/h4-5,8,10-11H,6-7,9H2,1-3H3,(H,19,20). The van der Waals surface area contributed by atoms with Gasteiger partial charge in [0.1, 0.15) is 0 Å². The second-order valence-electron chi connectivity index (χ2n) is 5.47. The number of anilines is 1. The highest BCUT2D eigenvalue weighted by Crippen LogP contribution is 2.20. The molecule has 0 radical (unpaired) electrons. The first-order valence-electron chi connectivity index (χ1n) is 6.74. The first kappa shape index (κ1) is 16.4. The number of hydrogen-bond acceptors (Lipinski definition) is 2. The number of carboxylic acids is 1. The summed E-state index contributed by atoms with van der Waals surface area (Å²) in [5, 5.41) is 8.99. The summed E-state index contributed by atoms with van der Waals surface area (Å²) in [6, 6.07) is 3.66. The molecule has 0 spiro atoms. The van der Waals surface area contributed by atoms with E-state index in [2.05, 4.69) is 13.8 Å². The van der Waals surface area contributed by atoms with Crippen molar-refractivity contribution in [3.05, 3.63) is 29.8 Å². The summed E-state index contributed by atoms with van der Waals surface area (Å²) in [4.78, 5) is 12.8. The highest BCUT2D eigenvalue weighted by molar-refractivity contribution is 5.70. The van der Waals surface area contributed by atoms with Gasteiger partial charge in [0.15, 0.2) is 11.6 Å². The van der Waals surface area contributed by atoms with E-state index in [1.54, 1.807) is 11.8 Å². The third kappa shape index (κ3) is 4.79. The molecule has 5 heteroatoms. The number of aliphatic carboxylic acids is 1. The first-order chi connectivity index (χ1) is 9.31. The van der Waals surface area contributed by atoms with Gasteiger partial charge >= 0.3 is 5.97 Å². The topological polar surface area (TPSA) is 40.5 Å². The molecule has 1 N–H and O–H groups in total. The molecular weight excluding hydrogens is 264 g/mol. The van der Waals surface area contributed by atoms with Gasteiger partial charge < -0.3 is 10.0 Å².